The third-order valence-corrected chi connectivity index (χ3v) is 2.13. The largest absolute Gasteiger partial charge is 0.361 e. The van der Waals surface area contributed by atoms with Gasteiger partial charge in [-0.05, 0) is 13.3 Å². The normalized spacial score (nSPS) is 13.1. The fraction of sp³-hybridized carbons (Fsp3) is 0.700. The Bertz CT molecular complexity index is 260. The summed E-state index contributed by atoms with van der Waals surface area (Å²) in [7, 11) is 0. The van der Waals surface area contributed by atoms with Gasteiger partial charge in [-0.15, -0.1) is 0 Å². The Labute approximate surface area is 85.1 Å². The monoisotopic (exact) mass is 197 g/mol. The highest BCUT2D eigenvalue weighted by Gasteiger charge is 2.04. The van der Waals surface area contributed by atoms with Gasteiger partial charge in [0.15, 0.2) is 0 Å². The molecule has 80 valence electrons. The van der Waals surface area contributed by atoms with Crippen molar-refractivity contribution in [3.8, 4) is 0 Å². The fourth-order valence-corrected chi connectivity index (χ4v) is 1.19. The molecule has 2 N–H and O–H groups in total. The third kappa shape index (κ3) is 3.47. The molecule has 0 radical (unpaired) electrons. The zero-order valence-electron chi connectivity index (χ0n) is 8.94. The molecule has 0 aromatic carbocycles. The Morgan fingerprint density at radius 1 is 1.57 bits per heavy atom. The maximum Gasteiger partial charge on any atom is 0.123 e. The highest BCUT2D eigenvalue weighted by Crippen LogP contribution is 2.01. The van der Waals surface area contributed by atoms with Crippen LogP contribution < -0.4 is 5.73 Å². The third-order valence-electron chi connectivity index (χ3n) is 2.13. The average Bonchev–Trinajstić information content (AvgIpc) is 2.62. The second-order valence-electron chi connectivity index (χ2n) is 3.37. The van der Waals surface area contributed by atoms with Crippen LogP contribution in [0.3, 0.4) is 0 Å². The Morgan fingerprint density at radius 2 is 2.36 bits per heavy atom. The highest BCUT2D eigenvalue weighted by atomic mass is 16.5. The fourth-order valence-electron chi connectivity index (χ4n) is 1.19. The van der Waals surface area contributed by atoms with E-state index in [1.807, 2.05) is 17.7 Å². The van der Waals surface area contributed by atoms with Gasteiger partial charge in [-0.2, -0.15) is 0 Å². The van der Waals surface area contributed by atoms with Gasteiger partial charge in [-0.25, -0.2) is 4.98 Å². The second kappa shape index (κ2) is 5.78. The minimum Gasteiger partial charge on any atom is -0.361 e. The summed E-state index contributed by atoms with van der Waals surface area (Å²) in [6.07, 6.45) is 5.60. The van der Waals surface area contributed by atoms with Gasteiger partial charge in [-0.1, -0.05) is 6.92 Å². The first-order chi connectivity index (χ1) is 6.76. The van der Waals surface area contributed by atoms with Gasteiger partial charge in [0.05, 0.1) is 12.0 Å². The summed E-state index contributed by atoms with van der Waals surface area (Å²) in [6, 6.07) is 0.213. The average molecular weight is 197 g/mol. The number of aromatic nitrogens is 2. The molecule has 0 spiro atoms. The van der Waals surface area contributed by atoms with Crippen molar-refractivity contribution in [1.29, 1.82) is 0 Å². The maximum atomic E-state index is 5.83. The Balaban J connectivity index is 2.42. The molecule has 1 aromatic heterocycles. The summed E-state index contributed by atoms with van der Waals surface area (Å²) in [5.74, 6) is 0. The smallest absolute Gasteiger partial charge is 0.123 e. The summed E-state index contributed by atoms with van der Waals surface area (Å²) in [4.78, 5) is 4.26. The molecular formula is C10H19N3O. The lowest BCUT2D eigenvalue weighted by Gasteiger charge is -2.04. The quantitative estimate of drug-likeness (QED) is 0.744. The summed E-state index contributed by atoms with van der Waals surface area (Å²) < 4.78 is 7.19. The molecule has 1 unspecified atom stereocenters. The number of hydrogen-bond acceptors (Lipinski definition) is 3. The molecule has 4 heteroatoms. The number of imidazole rings is 1. The van der Waals surface area contributed by atoms with Crippen LogP contribution in [0.2, 0.25) is 0 Å². The van der Waals surface area contributed by atoms with E-state index in [0.717, 1.165) is 25.1 Å². The van der Waals surface area contributed by atoms with Crippen LogP contribution in [0.4, 0.5) is 0 Å². The molecule has 1 heterocycles. The van der Waals surface area contributed by atoms with E-state index in [4.69, 9.17) is 10.5 Å². The number of nitrogens with two attached hydrogens (primary N) is 1. The van der Waals surface area contributed by atoms with Crippen molar-refractivity contribution >= 4 is 0 Å². The van der Waals surface area contributed by atoms with Crippen LogP contribution >= 0.6 is 0 Å². The van der Waals surface area contributed by atoms with Crippen LogP contribution in [0.15, 0.2) is 12.5 Å². The van der Waals surface area contributed by atoms with Gasteiger partial charge >= 0.3 is 0 Å². The molecule has 0 fully saturated rings. The predicted molar refractivity (Wildman–Crippen MR) is 55.8 cm³/mol. The first kappa shape index (κ1) is 11.2. The highest BCUT2D eigenvalue weighted by molar-refractivity contribution is 4.98. The Kier molecular flexibility index (Phi) is 4.62. The molecular weight excluding hydrogens is 178 g/mol. The van der Waals surface area contributed by atoms with E-state index in [9.17, 15) is 0 Å². The molecule has 0 bridgehead atoms. The molecule has 0 aliphatic rings. The van der Waals surface area contributed by atoms with Crippen LogP contribution in [-0.2, 0) is 17.9 Å². The molecule has 1 rings (SSSR count). The number of nitrogens with zero attached hydrogens (tertiary/aromatic N) is 2. The number of hydrogen-bond donors (Lipinski definition) is 1. The molecule has 0 aliphatic carbocycles. The maximum absolute atomic E-state index is 5.83. The lowest BCUT2D eigenvalue weighted by molar-refractivity contribution is 0.0877. The molecule has 1 atom stereocenters. The lowest BCUT2D eigenvalue weighted by Crippen LogP contribution is -2.21. The minimum atomic E-state index is 0.213. The van der Waals surface area contributed by atoms with Crippen molar-refractivity contribution < 1.29 is 4.74 Å². The first-order valence-corrected chi connectivity index (χ1v) is 5.10. The summed E-state index contributed by atoms with van der Waals surface area (Å²) >= 11 is 0. The van der Waals surface area contributed by atoms with Crippen LogP contribution in [0.25, 0.3) is 0 Å². The molecule has 1 aromatic rings. The SMILES string of the molecule is CCOCn1cnc(CC(N)CC)c1. The first-order valence-electron chi connectivity index (χ1n) is 5.10. The van der Waals surface area contributed by atoms with E-state index in [2.05, 4.69) is 11.9 Å². The van der Waals surface area contributed by atoms with E-state index in [1.54, 1.807) is 6.33 Å². The predicted octanol–water partition coefficient (Wildman–Crippen LogP) is 1.16. The van der Waals surface area contributed by atoms with Crippen molar-refractivity contribution in [2.45, 2.75) is 39.5 Å². The van der Waals surface area contributed by atoms with Crippen molar-refractivity contribution in [3.63, 3.8) is 0 Å². The Morgan fingerprint density at radius 3 is 3.00 bits per heavy atom. The van der Waals surface area contributed by atoms with Crippen molar-refractivity contribution in [3.05, 3.63) is 18.2 Å². The molecule has 0 saturated heterocycles. The zero-order chi connectivity index (χ0) is 10.4. The van der Waals surface area contributed by atoms with E-state index in [-0.39, 0.29) is 6.04 Å². The van der Waals surface area contributed by atoms with Gasteiger partial charge in [0.1, 0.15) is 6.73 Å². The molecule has 0 aliphatic heterocycles. The van der Waals surface area contributed by atoms with Gasteiger partial charge in [0.2, 0.25) is 0 Å². The summed E-state index contributed by atoms with van der Waals surface area (Å²) in [6.45, 7) is 5.36. The van der Waals surface area contributed by atoms with Crippen LogP contribution in [-0.4, -0.2) is 22.2 Å². The number of ether oxygens (including phenoxy) is 1. The van der Waals surface area contributed by atoms with Crippen LogP contribution in [0, 0.1) is 0 Å². The van der Waals surface area contributed by atoms with Gasteiger partial charge in [0.25, 0.3) is 0 Å². The Hall–Kier alpha value is -0.870. The standard InChI is InChI=1S/C10H19N3O/c1-3-9(11)5-10-6-13(7-12-10)8-14-4-2/h6-7,9H,3-5,8,11H2,1-2H3. The van der Waals surface area contributed by atoms with E-state index < -0.39 is 0 Å². The van der Waals surface area contributed by atoms with Crippen molar-refractivity contribution in [2.75, 3.05) is 6.61 Å². The summed E-state index contributed by atoms with van der Waals surface area (Å²) in [5, 5.41) is 0. The zero-order valence-corrected chi connectivity index (χ0v) is 8.94. The topological polar surface area (TPSA) is 53.1 Å². The lowest BCUT2D eigenvalue weighted by atomic mass is 10.1. The van der Waals surface area contributed by atoms with Gasteiger partial charge in [-0.3, -0.25) is 0 Å². The molecule has 0 amide bonds. The van der Waals surface area contributed by atoms with Crippen LogP contribution in [0.1, 0.15) is 26.0 Å². The van der Waals surface area contributed by atoms with E-state index in [1.165, 1.54) is 0 Å². The minimum absolute atomic E-state index is 0.213. The van der Waals surface area contributed by atoms with Gasteiger partial charge < -0.3 is 15.0 Å². The van der Waals surface area contributed by atoms with Crippen molar-refractivity contribution in [1.82, 2.24) is 9.55 Å². The second-order valence-corrected chi connectivity index (χ2v) is 3.37. The molecule has 4 nitrogen and oxygen atoms in total. The van der Waals surface area contributed by atoms with E-state index in [0.29, 0.717) is 6.73 Å². The summed E-state index contributed by atoms with van der Waals surface area (Å²) in [5.41, 5.74) is 6.87. The van der Waals surface area contributed by atoms with Crippen LogP contribution in [0.5, 0.6) is 0 Å². The number of rotatable bonds is 6. The van der Waals surface area contributed by atoms with Crippen molar-refractivity contribution in [2.24, 2.45) is 5.73 Å². The van der Waals surface area contributed by atoms with E-state index >= 15 is 0 Å². The molecule has 0 saturated carbocycles. The molecule has 14 heavy (non-hydrogen) atoms. The van der Waals surface area contributed by atoms with Gasteiger partial charge in [0, 0.05) is 25.3 Å².